The molecule has 2 atom stereocenters. The summed E-state index contributed by atoms with van der Waals surface area (Å²) < 4.78 is 4.56. The predicted molar refractivity (Wildman–Crippen MR) is 68.9 cm³/mol. The van der Waals surface area contributed by atoms with Crippen molar-refractivity contribution in [3.05, 3.63) is 35.9 Å². The Morgan fingerprint density at radius 3 is 2.39 bits per heavy atom. The number of ether oxygens (including phenoxy) is 1. The lowest BCUT2D eigenvalue weighted by atomic mass is 10.0. The Labute approximate surface area is 107 Å². The van der Waals surface area contributed by atoms with Crippen molar-refractivity contribution in [1.29, 1.82) is 0 Å². The molecule has 0 heterocycles. The lowest BCUT2D eigenvalue weighted by molar-refractivity contribution is -0.144. The molecular weight excluding hydrogens is 230 g/mol. The molecule has 0 spiro atoms. The predicted octanol–water partition coefficient (Wildman–Crippen LogP) is 1.54. The van der Waals surface area contributed by atoms with E-state index in [1.54, 1.807) is 6.92 Å². The summed E-state index contributed by atoms with van der Waals surface area (Å²) in [5.41, 5.74) is 1.10. The third kappa shape index (κ3) is 4.20. The van der Waals surface area contributed by atoms with Gasteiger partial charge in [-0.05, 0) is 18.9 Å². The van der Waals surface area contributed by atoms with Gasteiger partial charge in [-0.3, -0.25) is 4.79 Å². The highest BCUT2D eigenvalue weighted by molar-refractivity contribution is 5.85. The number of rotatable bonds is 5. The number of carbonyl (C=O) groups is 2. The van der Waals surface area contributed by atoms with Crippen LogP contribution in [0.25, 0.3) is 0 Å². The third-order valence-electron chi connectivity index (χ3n) is 2.75. The Balaban J connectivity index is 2.49. The number of hydrogen-bond donors (Lipinski definition) is 1. The molecule has 1 N–H and O–H groups in total. The monoisotopic (exact) mass is 249 g/mol. The maximum atomic E-state index is 11.9. The van der Waals surface area contributed by atoms with E-state index in [4.69, 9.17) is 0 Å². The van der Waals surface area contributed by atoms with E-state index in [0.717, 1.165) is 5.56 Å². The number of carbonyl (C=O) groups excluding carboxylic acids is 2. The van der Waals surface area contributed by atoms with Gasteiger partial charge in [0, 0.05) is 5.92 Å². The number of nitrogens with one attached hydrogen (secondary N) is 1. The maximum absolute atomic E-state index is 11.9. The van der Waals surface area contributed by atoms with E-state index in [0.29, 0.717) is 6.42 Å². The van der Waals surface area contributed by atoms with Gasteiger partial charge in [0.1, 0.15) is 6.04 Å². The minimum Gasteiger partial charge on any atom is -0.467 e. The molecule has 4 nitrogen and oxygen atoms in total. The minimum atomic E-state index is -0.610. The Morgan fingerprint density at radius 1 is 1.22 bits per heavy atom. The Kier molecular flexibility index (Phi) is 5.36. The molecule has 1 aromatic carbocycles. The van der Waals surface area contributed by atoms with Gasteiger partial charge >= 0.3 is 5.97 Å². The Hall–Kier alpha value is -1.84. The second-order valence-electron chi connectivity index (χ2n) is 4.34. The number of esters is 1. The van der Waals surface area contributed by atoms with Crippen molar-refractivity contribution < 1.29 is 14.3 Å². The molecule has 98 valence electrons. The normalized spacial score (nSPS) is 13.5. The lowest BCUT2D eigenvalue weighted by Crippen LogP contribution is -2.42. The summed E-state index contributed by atoms with van der Waals surface area (Å²) in [6.45, 7) is 3.45. The van der Waals surface area contributed by atoms with Crippen molar-refractivity contribution in [1.82, 2.24) is 5.32 Å². The molecule has 0 unspecified atom stereocenters. The molecule has 0 radical (unpaired) electrons. The zero-order chi connectivity index (χ0) is 13.5. The first kappa shape index (κ1) is 14.2. The zero-order valence-electron chi connectivity index (χ0n) is 11.0. The second-order valence-corrected chi connectivity index (χ2v) is 4.34. The highest BCUT2D eigenvalue weighted by Crippen LogP contribution is 2.08. The smallest absolute Gasteiger partial charge is 0.328 e. The fraction of sp³-hybridized carbons (Fsp3) is 0.429. The quantitative estimate of drug-likeness (QED) is 0.805. The molecule has 0 saturated carbocycles. The number of amides is 1. The van der Waals surface area contributed by atoms with Crippen molar-refractivity contribution in [2.75, 3.05) is 7.11 Å². The van der Waals surface area contributed by atoms with Crippen LogP contribution in [-0.4, -0.2) is 25.0 Å². The van der Waals surface area contributed by atoms with Gasteiger partial charge < -0.3 is 10.1 Å². The highest BCUT2D eigenvalue weighted by atomic mass is 16.5. The van der Waals surface area contributed by atoms with Crippen LogP contribution < -0.4 is 5.32 Å². The minimum absolute atomic E-state index is 0.142. The summed E-state index contributed by atoms with van der Waals surface area (Å²) in [6, 6.07) is 9.17. The molecule has 0 fully saturated rings. The topological polar surface area (TPSA) is 55.4 Å². The molecule has 0 aliphatic carbocycles. The molecule has 1 aromatic rings. The van der Waals surface area contributed by atoms with Crippen LogP contribution in [0, 0.1) is 5.92 Å². The molecule has 1 amide bonds. The van der Waals surface area contributed by atoms with E-state index < -0.39 is 12.0 Å². The highest BCUT2D eigenvalue weighted by Gasteiger charge is 2.19. The summed E-state index contributed by atoms with van der Waals surface area (Å²) in [4.78, 5) is 23.1. The van der Waals surface area contributed by atoms with Gasteiger partial charge in [0.05, 0.1) is 7.11 Å². The van der Waals surface area contributed by atoms with Crippen molar-refractivity contribution in [2.45, 2.75) is 26.3 Å². The molecular formula is C14H19NO3. The summed E-state index contributed by atoms with van der Waals surface area (Å²) in [5, 5.41) is 2.64. The van der Waals surface area contributed by atoms with Crippen molar-refractivity contribution in [2.24, 2.45) is 5.92 Å². The lowest BCUT2D eigenvalue weighted by Gasteiger charge is -2.16. The van der Waals surface area contributed by atoms with Gasteiger partial charge in [0.25, 0.3) is 0 Å². The van der Waals surface area contributed by atoms with Gasteiger partial charge in [-0.2, -0.15) is 0 Å². The van der Waals surface area contributed by atoms with Crippen LogP contribution in [0.15, 0.2) is 30.3 Å². The number of hydrogen-bond acceptors (Lipinski definition) is 3. The maximum Gasteiger partial charge on any atom is 0.328 e. The van der Waals surface area contributed by atoms with Crippen molar-refractivity contribution in [3.8, 4) is 0 Å². The van der Waals surface area contributed by atoms with Gasteiger partial charge in [-0.25, -0.2) is 4.79 Å². The standard InChI is InChI=1S/C14H19NO3/c1-10(9-12-7-5-4-6-8-12)13(16)15-11(2)14(17)18-3/h4-8,10-11H,9H2,1-3H3,(H,15,16)/t10-,11-/m0/s1. The first-order chi connectivity index (χ1) is 8.54. The van der Waals surface area contributed by atoms with Crippen LogP contribution in [0.2, 0.25) is 0 Å². The fourth-order valence-electron chi connectivity index (χ4n) is 1.65. The van der Waals surface area contributed by atoms with E-state index in [9.17, 15) is 9.59 Å². The van der Waals surface area contributed by atoms with E-state index >= 15 is 0 Å². The molecule has 0 bridgehead atoms. The third-order valence-corrected chi connectivity index (χ3v) is 2.75. The van der Waals surface area contributed by atoms with Crippen LogP contribution in [0.4, 0.5) is 0 Å². The molecule has 4 heteroatoms. The average Bonchev–Trinajstić information content (AvgIpc) is 2.38. The largest absolute Gasteiger partial charge is 0.467 e. The van der Waals surface area contributed by atoms with E-state index in [2.05, 4.69) is 10.1 Å². The van der Waals surface area contributed by atoms with Gasteiger partial charge in [0.15, 0.2) is 0 Å². The second kappa shape index (κ2) is 6.79. The molecule has 18 heavy (non-hydrogen) atoms. The molecule has 0 aromatic heterocycles. The first-order valence-corrected chi connectivity index (χ1v) is 5.96. The van der Waals surface area contributed by atoms with Crippen LogP contribution >= 0.6 is 0 Å². The summed E-state index contributed by atoms with van der Waals surface area (Å²) in [6.07, 6.45) is 0.653. The Morgan fingerprint density at radius 2 is 1.83 bits per heavy atom. The molecule has 1 rings (SSSR count). The SMILES string of the molecule is COC(=O)[C@H](C)NC(=O)[C@@H](C)Cc1ccccc1. The fourth-order valence-corrected chi connectivity index (χ4v) is 1.65. The summed E-state index contributed by atoms with van der Waals surface area (Å²) in [5.74, 6) is -0.758. The Bertz CT molecular complexity index is 403. The number of methoxy groups -OCH3 is 1. The van der Waals surface area contributed by atoms with Gasteiger partial charge in [-0.15, -0.1) is 0 Å². The van der Waals surface area contributed by atoms with E-state index in [1.807, 2.05) is 37.3 Å². The van der Waals surface area contributed by atoms with Crippen LogP contribution in [0.5, 0.6) is 0 Å². The summed E-state index contributed by atoms with van der Waals surface area (Å²) >= 11 is 0. The summed E-state index contributed by atoms with van der Waals surface area (Å²) in [7, 11) is 1.30. The average molecular weight is 249 g/mol. The number of benzene rings is 1. The molecule has 0 saturated heterocycles. The van der Waals surface area contributed by atoms with Crippen LogP contribution in [0.1, 0.15) is 19.4 Å². The van der Waals surface area contributed by atoms with Crippen molar-refractivity contribution >= 4 is 11.9 Å². The van der Waals surface area contributed by atoms with Crippen LogP contribution in [0.3, 0.4) is 0 Å². The van der Waals surface area contributed by atoms with Gasteiger partial charge in [-0.1, -0.05) is 37.3 Å². The molecule has 0 aliphatic heterocycles. The van der Waals surface area contributed by atoms with E-state index in [1.165, 1.54) is 7.11 Å². The van der Waals surface area contributed by atoms with Gasteiger partial charge in [0.2, 0.25) is 5.91 Å². The molecule has 0 aliphatic rings. The van der Waals surface area contributed by atoms with Crippen molar-refractivity contribution in [3.63, 3.8) is 0 Å². The first-order valence-electron chi connectivity index (χ1n) is 5.96. The van der Waals surface area contributed by atoms with E-state index in [-0.39, 0.29) is 11.8 Å². The van der Waals surface area contributed by atoms with Crippen LogP contribution in [-0.2, 0) is 20.7 Å². The zero-order valence-corrected chi connectivity index (χ0v) is 11.0.